The van der Waals surface area contributed by atoms with Crippen LogP contribution in [0.4, 0.5) is 5.69 Å². The van der Waals surface area contributed by atoms with Crippen LogP contribution in [0, 0.1) is 11.3 Å². The van der Waals surface area contributed by atoms with Crippen LogP contribution < -0.4 is 9.73 Å². The molecule has 6 nitrogen and oxygen atoms in total. The normalized spacial score (nSPS) is 18.1. The highest BCUT2D eigenvalue weighted by Gasteiger charge is 2.28. The molecule has 1 aromatic rings. The number of amides is 1. The summed E-state index contributed by atoms with van der Waals surface area (Å²) >= 11 is 5.85. The van der Waals surface area contributed by atoms with Crippen LogP contribution in [0.5, 0.6) is 0 Å². The number of rotatable bonds is 5. The number of anilines is 1. The number of benzene rings is 1. The number of nitrogens with one attached hydrogen (secondary N) is 1. The third-order valence-electron chi connectivity index (χ3n) is 4.93. The number of halogens is 1. The molecule has 0 heterocycles. The van der Waals surface area contributed by atoms with Crippen molar-refractivity contribution < 1.29 is 13.2 Å². The molecule has 8 heteroatoms. The van der Waals surface area contributed by atoms with Gasteiger partial charge < -0.3 is 0 Å². The summed E-state index contributed by atoms with van der Waals surface area (Å²) in [7, 11) is -3.61. The Kier molecular flexibility index (Phi) is 6.92. The van der Waals surface area contributed by atoms with Crippen LogP contribution >= 0.6 is 11.6 Å². The van der Waals surface area contributed by atoms with E-state index in [1.807, 2.05) is 0 Å². The van der Waals surface area contributed by atoms with Crippen LogP contribution in [0.2, 0.25) is 5.02 Å². The average Bonchev–Trinajstić information content (AvgIpc) is 2.57. The summed E-state index contributed by atoms with van der Waals surface area (Å²) in [6, 6.07) is 6.30. The van der Waals surface area contributed by atoms with Gasteiger partial charge in [0.15, 0.2) is 0 Å². The number of hydrogen-bond acceptors (Lipinski definition) is 4. The second-order valence-corrected chi connectivity index (χ2v) is 10.4. The first-order chi connectivity index (χ1) is 12.5. The van der Waals surface area contributed by atoms with Crippen molar-refractivity contribution in [3.63, 3.8) is 0 Å². The molecule has 1 saturated carbocycles. The van der Waals surface area contributed by atoms with Crippen LogP contribution in [-0.2, 0) is 14.8 Å². The van der Waals surface area contributed by atoms with Gasteiger partial charge in [-0.1, -0.05) is 32.4 Å². The van der Waals surface area contributed by atoms with Crippen molar-refractivity contribution in [2.75, 3.05) is 17.1 Å². The van der Waals surface area contributed by atoms with Gasteiger partial charge in [0.1, 0.15) is 6.54 Å². The summed E-state index contributed by atoms with van der Waals surface area (Å²) in [5, 5.41) is 4.71. The molecule has 1 aliphatic rings. The van der Waals surface area contributed by atoms with Gasteiger partial charge in [-0.25, -0.2) is 13.8 Å². The lowest BCUT2D eigenvalue weighted by Gasteiger charge is -2.34. The first kappa shape index (κ1) is 21.7. The summed E-state index contributed by atoms with van der Waals surface area (Å²) in [4.78, 5) is 12.3. The van der Waals surface area contributed by atoms with Crippen molar-refractivity contribution in [2.24, 2.45) is 16.4 Å². The third-order valence-corrected chi connectivity index (χ3v) is 6.32. The van der Waals surface area contributed by atoms with Gasteiger partial charge in [-0.15, -0.1) is 0 Å². The summed E-state index contributed by atoms with van der Waals surface area (Å²) in [6.07, 6.45) is 4.88. The second-order valence-electron chi connectivity index (χ2n) is 8.10. The van der Waals surface area contributed by atoms with Gasteiger partial charge in [0, 0.05) is 10.7 Å². The number of hydrazone groups is 1. The minimum atomic E-state index is -3.61. The predicted molar refractivity (Wildman–Crippen MR) is 111 cm³/mol. The Morgan fingerprint density at radius 1 is 1.22 bits per heavy atom. The summed E-state index contributed by atoms with van der Waals surface area (Å²) < 4.78 is 25.2. The number of carbonyl (C=O) groups is 1. The van der Waals surface area contributed by atoms with E-state index in [9.17, 15) is 13.2 Å². The van der Waals surface area contributed by atoms with E-state index in [0.717, 1.165) is 42.0 Å². The van der Waals surface area contributed by atoms with Crippen LogP contribution in [0.3, 0.4) is 0 Å². The van der Waals surface area contributed by atoms with Crippen molar-refractivity contribution in [1.82, 2.24) is 5.43 Å². The van der Waals surface area contributed by atoms with Crippen LogP contribution in [0.25, 0.3) is 0 Å². The van der Waals surface area contributed by atoms with E-state index >= 15 is 0 Å². The Morgan fingerprint density at radius 2 is 1.78 bits per heavy atom. The van der Waals surface area contributed by atoms with Gasteiger partial charge in [0.2, 0.25) is 10.0 Å². The molecule has 0 bridgehead atoms. The number of sulfonamides is 1. The zero-order chi connectivity index (χ0) is 20.2. The Hall–Kier alpha value is -1.60. The third kappa shape index (κ3) is 6.50. The molecule has 2 rings (SSSR count). The van der Waals surface area contributed by atoms with Crippen LogP contribution in [0.15, 0.2) is 29.4 Å². The monoisotopic (exact) mass is 413 g/mol. The molecule has 0 spiro atoms. The van der Waals surface area contributed by atoms with E-state index in [1.54, 1.807) is 24.3 Å². The first-order valence-electron chi connectivity index (χ1n) is 9.04. The van der Waals surface area contributed by atoms with Gasteiger partial charge in [-0.05, 0) is 61.3 Å². The molecule has 0 unspecified atom stereocenters. The molecule has 0 aromatic heterocycles. The molecule has 1 aromatic carbocycles. The highest BCUT2D eigenvalue weighted by Crippen LogP contribution is 2.36. The molecular weight excluding hydrogens is 386 g/mol. The van der Waals surface area contributed by atoms with Gasteiger partial charge in [0.25, 0.3) is 5.91 Å². The first-order valence-corrected chi connectivity index (χ1v) is 11.3. The number of carbonyl (C=O) groups excluding carboxylic acids is 1. The summed E-state index contributed by atoms with van der Waals surface area (Å²) in [6.45, 7) is 6.41. The van der Waals surface area contributed by atoms with Crippen molar-refractivity contribution in [3.8, 4) is 0 Å². The second kappa shape index (κ2) is 8.61. The van der Waals surface area contributed by atoms with Crippen molar-refractivity contribution in [1.29, 1.82) is 0 Å². The lowest BCUT2D eigenvalue weighted by Crippen LogP contribution is -2.39. The van der Waals surface area contributed by atoms with Crippen molar-refractivity contribution >= 4 is 38.9 Å². The van der Waals surface area contributed by atoms with E-state index in [2.05, 4.69) is 31.3 Å². The topological polar surface area (TPSA) is 78.8 Å². The lowest BCUT2D eigenvalue weighted by molar-refractivity contribution is -0.119. The average molecular weight is 414 g/mol. The van der Waals surface area contributed by atoms with E-state index < -0.39 is 15.9 Å². The fraction of sp³-hybridized carbons (Fsp3) is 0.579. The predicted octanol–water partition coefficient (Wildman–Crippen LogP) is 3.81. The van der Waals surface area contributed by atoms with Gasteiger partial charge in [0.05, 0.1) is 11.9 Å². The standard InChI is InChI=1S/C19H28ClN3O3S/c1-19(2,3)14-5-9-16(10-6-14)21-22-18(24)13-23(27(4,25)26)17-11-7-15(20)8-12-17/h7-8,11-12,14H,5-6,9-10,13H2,1-4H3,(H,22,24). The van der Waals surface area contributed by atoms with E-state index in [1.165, 1.54) is 0 Å². The minimum absolute atomic E-state index is 0.281. The van der Waals surface area contributed by atoms with E-state index in [4.69, 9.17) is 11.6 Å². The van der Waals surface area contributed by atoms with E-state index in [-0.39, 0.29) is 12.0 Å². The van der Waals surface area contributed by atoms with Crippen LogP contribution in [0.1, 0.15) is 46.5 Å². The largest absolute Gasteiger partial charge is 0.271 e. The molecule has 1 aliphatic carbocycles. The van der Waals surface area contributed by atoms with Gasteiger partial charge in [-0.2, -0.15) is 5.10 Å². The Morgan fingerprint density at radius 3 is 2.26 bits per heavy atom. The molecule has 0 aliphatic heterocycles. The Bertz CT molecular complexity index is 788. The molecule has 1 N–H and O–H groups in total. The highest BCUT2D eigenvalue weighted by atomic mass is 35.5. The molecule has 0 saturated heterocycles. The number of nitrogens with zero attached hydrogens (tertiary/aromatic N) is 2. The lowest BCUT2D eigenvalue weighted by atomic mass is 9.72. The fourth-order valence-corrected chi connectivity index (χ4v) is 4.23. The Balaban J connectivity index is 1.98. The van der Waals surface area contributed by atoms with Crippen LogP contribution in [-0.4, -0.2) is 32.8 Å². The zero-order valence-corrected chi connectivity index (χ0v) is 17.9. The maximum Gasteiger partial charge on any atom is 0.260 e. The zero-order valence-electron chi connectivity index (χ0n) is 16.3. The summed E-state index contributed by atoms with van der Waals surface area (Å²) in [5.74, 6) is 0.179. The van der Waals surface area contributed by atoms with Gasteiger partial charge >= 0.3 is 0 Å². The smallest absolute Gasteiger partial charge is 0.260 e. The van der Waals surface area contributed by atoms with Crippen molar-refractivity contribution in [3.05, 3.63) is 29.3 Å². The quantitative estimate of drug-likeness (QED) is 0.745. The molecular formula is C19H28ClN3O3S. The van der Waals surface area contributed by atoms with Crippen molar-refractivity contribution in [2.45, 2.75) is 46.5 Å². The maximum absolute atomic E-state index is 12.3. The highest BCUT2D eigenvalue weighted by molar-refractivity contribution is 7.92. The summed E-state index contributed by atoms with van der Waals surface area (Å²) in [5.41, 5.74) is 4.13. The number of hydrogen-bond donors (Lipinski definition) is 1. The fourth-order valence-electron chi connectivity index (χ4n) is 3.24. The van der Waals surface area contributed by atoms with Gasteiger partial charge in [-0.3, -0.25) is 9.10 Å². The maximum atomic E-state index is 12.3. The molecule has 0 atom stereocenters. The molecule has 27 heavy (non-hydrogen) atoms. The van der Waals surface area contributed by atoms with E-state index in [0.29, 0.717) is 16.6 Å². The molecule has 1 amide bonds. The molecule has 0 radical (unpaired) electrons. The Labute approximate surface area is 167 Å². The minimum Gasteiger partial charge on any atom is -0.271 e. The molecule has 150 valence electrons. The molecule has 1 fully saturated rings. The SMILES string of the molecule is CC(C)(C)C1CCC(=NNC(=O)CN(c2ccc(Cl)cc2)S(C)(=O)=O)CC1.